The molecule has 2 aromatic carbocycles. The van der Waals surface area contributed by atoms with E-state index in [0.29, 0.717) is 6.07 Å². The fraction of sp³-hybridized carbons (Fsp3) is 0.333. The molecule has 2 aromatic rings. The molecule has 0 amide bonds. The molecule has 0 aliphatic carbocycles. The molecule has 5 atom stereocenters. The fourth-order valence-electron chi connectivity index (χ4n) is 3.19. The highest BCUT2D eigenvalue weighted by Gasteiger charge is 2.45. The van der Waals surface area contributed by atoms with E-state index in [1.165, 1.54) is 12.1 Å². The van der Waals surface area contributed by atoms with Crippen molar-refractivity contribution in [1.82, 2.24) is 0 Å². The third-order valence-corrected chi connectivity index (χ3v) is 4.83. The standard InChI is InChI=1S/C21H19F5O6/c22-12-7-11(6-5-10-3-1-2-4-13(10)21(24,25)26)19(14(23)8-12)32-20-18(30)17(29)16(28)15(9-27)31-20/h1-8,15-18,20,27-30H,9H2/b6-5+/t15-,16-,17+,18-,20+/m1/s1. The molecule has 3 rings (SSSR count). The molecule has 1 heterocycles. The molecule has 32 heavy (non-hydrogen) atoms. The highest BCUT2D eigenvalue weighted by molar-refractivity contribution is 5.74. The molecular formula is C21H19F5O6. The minimum Gasteiger partial charge on any atom is -0.458 e. The zero-order chi connectivity index (χ0) is 23.6. The third-order valence-electron chi connectivity index (χ3n) is 4.83. The van der Waals surface area contributed by atoms with Crippen molar-refractivity contribution < 1.29 is 51.9 Å². The molecule has 0 radical (unpaired) electrons. The lowest BCUT2D eigenvalue weighted by molar-refractivity contribution is -0.277. The zero-order valence-corrected chi connectivity index (χ0v) is 16.2. The Bertz CT molecular complexity index is 978. The Balaban J connectivity index is 1.96. The first kappa shape index (κ1) is 24.1. The molecule has 174 valence electrons. The monoisotopic (exact) mass is 462 g/mol. The number of ether oxygens (including phenoxy) is 2. The smallest absolute Gasteiger partial charge is 0.416 e. The lowest BCUT2D eigenvalue weighted by Gasteiger charge is -2.39. The average molecular weight is 462 g/mol. The van der Waals surface area contributed by atoms with Gasteiger partial charge < -0.3 is 29.9 Å². The largest absolute Gasteiger partial charge is 0.458 e. The summed E-state index contributed by atoms with van der Waals surface area (Å²) in [7, 11) is 0. The molecule has 0 unspecified atom stereocenters. The van der Waals surface area contributed by atoms with Gasteiger partial charge in [0, 0.05) is 11.6 Å². The van der Waals surface area contributed by atoms with Crippen molar-refractivity contribution in [1.29, 1.82) is 0 Å². The first-order chi connectivity index (χ1) is 15.0. The van der Waals surface area contributed by atoms with Crippen LogP contribution in [-0.4, -0.2) is 57.7 Å². The summed E-state index contributed by atoms with van der Waals surface area (Å²) in [5.74, 6) is -2.99. The summed E-state index contributed by atoms with van der Waals surface area (Å²) in [6.07, 6.45) is -11.2. The van der Waals surface area contributed by atoms with Crippen LogP contribution < -0.4 is 4.74 Å². The molecular weight excluding hydrogens is 443 g/mol. The molecule has 0 spiro atoms. The molecule has 4 N–H and O–H groups in total. The molecule has 0 bridgehead atoms. The van der Waals surface area contributed by atoms with Crippen molar-refractivity contribution in [3.8, 4) is 5.75 Å². The molecule has 0 saturated carbocycles. The van der Waals surface area contributed by atoms with Crippen LogP contribution in [0, 0.1) is 11.6 Å². The third kappa shape index (κ3) is 5.08. The highest BCUT2D eigenvalue weighted by atomic mass is 19.4. The molecule has 6 nitrogen and oxygen atoms in total. The topological polar surface area (TPSA) is 99.4 Å². The van der Waals surface area contributed by atoms with Gasteiger partial charge in [0.05, 0.1) is 12.2 Å². The second-order valence-electron chi connectivity index (χ2n) is 7.04. The summed E-state index contributed by atoms with van der Waals surface area (Å²) in [4.78, 5) is 0. The number of hydrogen-bond acceptors (Lipinski definition) is 6. The Labute approximate surface area is 178 Å². The summed E-state index contributed by atoms with van der Waals surface area (Å²) < 4.78 is 78.2. The van der Waals surface area contributed by atoms with Crippen LogP contribution in [-0.2, 0) is 10.9 Å². The van der Waals surface area contributed by atoms with Crippen molar-refractivity contribution >= 4 is 12.2 Å². The minimum absolute atomic E-state index is 0.275. The van der Waals surface area contributed by atoms with Gasteiger partial charge in [-0.15, -0.1) is 0 Å². The van der Waals surface area contributed by atoms with Crippen molar-refractivity contribution in [2.24, 2.45) is 0 Å². The van der Waals surface area contributed by atoms with Crippen LogP contribution in [0.1, 0.15) is 16.7 Å². The first-order valence-corrected chi connectivity index (χ1v) is 9.33. The van der Waals surface area contributed by atoms with E-state index >= 15 is 0 Å². The van der Waals surface area contributed by atoms with Gasteiger partial charge in [0.15, 0.2) is 11.6 Å². The number of rotatable bonds is 5. The number of aliphatic hydroxyl groups excluding tert-OH is 4. The van der Waals surface area contributed by atoms with E-state index in [9.17, 15) is 42.4 Å². The maximum Gasteiger partial charge on any atom is 0.416 e. The van der Waals surface area contributed by atoms with Crippen LogP contribution in [0.5, 0.6) is 5.75 Å². The maximum absolute atomic E-state index is 14.5. The fourth-order valence-corrected chi connectivity index (χ4v) is 3.19. The Kier molecular flexibility index (Phi) is 7.16. The summed E-state index contributed by atoms with van der Waals surface area (Å²) in [6, 6.07) is 5.78. The Morgan fingerprint density at radius 1 is 0.938 bits per heavy atom. The Morgan fingerprint density at radius 2 is 1.59 bits per heavy atom. The Morgan fingerprint density at radius 3 is 2.25 bits per heavy atom. The van der Waals surface area contributed by atoms with Gasteiger partial charge in [-0.2, -0.15) is 13.2 Å². The second-order valence-corrected chi connectivity index (χ2v) is 7.04. The summed E-state index contributed by atoms with van der Waals surface area (Å²) in [6.45, 7) is -0.766. The van der Waals surface area contributed by atoms with Crippen LogP contribution in [0.25, 0.3) is 12.2 Å². The predicted octanol–water partition coefficient (Wildman–Crippen LogP) is 2.33. The lowest BCUT2D eigenvalue weighted by atomic mass is 9.99. The maximum atomic E-state index is 14.5. The van der Waals surface area contributed by atoms with Crippen molar-refractivity contribution in [3.63, 3.8) is 0 Å². The van der Waals surface area contributed by atoms with Gasteiger partial charge >= 0.3 is 6.18 Å². The average Bonchev–Trinajstić information content (AvgIpc) is 2.73. The molecule has 11 heteroatoms. The van der Waals surface area contributed by atoms with Gasteiger partial charge in [0.2, 0.25) is 6.29 Å². The zero-order valence-electron chi connectivity index (χ0n) is 16.2. The summed E-state index contributed by atoms with van der Waals surface area (Å²) >= 11 is 0. The molecule has 0 aromatic heterocycles. The van der Waals surface area contributed by atoms with E-state index in [1.807, 2.05) is 0 Å². The van der Waals surface area contributed by atoms with Crippen LogP contribution in [0.15, 0.2) is 36.4 Å². The number of halogens is 5. The predicted molar refractivity (Wildman–Crippen MR) is 101 cm³/mol. The van der Waals surface area contributed by atoms with E-state index in [0.717, 1.165) is 30.4 Å². The summed E-state index contributed by atoms with van der Waals surface area (Å²) in [5, 5.41) is 39.0. The van der Waals surface area contributed by atoms with E-state index in [4.69, 9.17) is 9.47 Å². The van der Waals surface area contributed by atoms with Gasteiger partial charge in [-0.1, -0.05) is 30.4 Å². The van der Waals surface area contributed by atoms with Gasteiger partial charge in [-0.05, 0) is 17.7 Å². The van der Waals surface area contributed by atoms with Gasteiger partial charge in [0.1, 0.15) is 30.2 Å². The molecule has 1 fully saturated rings. The van der Waals surface area contributed by atoms with Crippen LogP contribution in [0.2, 0.25) is 0 Å². The van der Waals surface area contributed by atoms with E-state index in [2.05, 4.69) is 0 Å². The Hall–Kier alpha value is -2.57. The number of aliphatic hydroxyl groups is 4. The van der Waals surface area contributed by atoms with Crippen LogP contribution in [0.3, 0.4) is 0 Å². The van der Waals surface area contributed by atoms with Gasteiger partial charge in [-0.3, -0.25) is 0 Å². The lowest BCUT2D eigenvalue weighted by Crippen LogP contribution is -2.60. The van der Waals surface area contributed by atoms with Gasteiger partial charge in [-0.25, -0.2) is 8.78 Å². The molecule has 1 aliphatic heterocycles. The van der Waals surface area contributed by atoms with Crippen molar-refractivity contribution in [2.75, 3.05) is 6.61 Å². The van der Waals surface area contributed by atoms with Crippen molar-refractivity contribution in [2.45, 2.75) is 36.9 Å². The minimum atomic E-state index is -4.66. The molecule has 1 aliphatic rings. The van der Waals surface area contributed by atoms with Gasteiger partial charge in [0.25, 0.3) is 0 Å². The second kappa shape index (κ2) is 9.51. The molecule has 1 saturated heterocycles. The van der Waals surface area contributed by atoms with E-state index in [1.54, 1.807) is 0 Å². The summed E-state index contributed by atoms with van der Waals surface area (Å²) in [5.41, 5.74) is -1.57. The van der Waals surface area contributed by atoms with Crippen LogP contribution >= 0.6 is 0 Å². The SMILES string of the molecule is OC[C@H]1O[C@@H](Oc2c(F)cc(F)cc2/C=C/c2ccccc2C(F)(F)F)[C@H](O)[C@@H](O)[C@@H]1O. The van der Waals surface area contributed by atoms with E-state index in [-0.39, 0.29) is 11.1 Å². The van der Waals surface area contributed by atoms with Crippen LogP contribution in [0.4, 0.5) is 22.0 Å². The number of benzene rings is 2. The highest BCUT2D eigenvalue weighted by Crippen LogP contribution is 2.34. The normalized spacial score (nSPS) is 26.5. The van der Waals surface area contributed by atoms with Crippen molar-refractivity contribution in [3.05, 3.63) is 64.7 Å². The van der Waals surface area contributed by atoms with E-state index < -0.39 is 66.4 Å². The quantitative estimate of drug-likeness (QED) is 0.402. The number of hydrogen-bond donors (Lipinski definition) is 4. The number of alkyl halides is 3. The first-order valence-electron chi connectivity index (χ1n) is 9.33.